The number of aliphatic hydroxyl groups is 1. The minimum Gasteiger partial charge on any atom is -0.459 e. The van der Waals surface area contributed by atoms with E-state index in [1.54, 1.807) is 30.3 Å². The molecule has 5 nitrogen and oxygen atoms in total. The van der Waals surface area contributed by atoms with Crippen LogP contribution in [0.5, 0.6) is 0 Å². The molecule has 1 aromatic heterocycles. The van der Waals surface area contributed by atoms with Crippen LogP contribution in [0.1, 0.15) is 37.1 Å². The molecule has 2 aromatic rings. The molecule has 152 valence electrons. The van der Waals surface area contributed by atoms with E-state index in [1.807, 2.05) is 35.5 Å². The van der Waals surface area contributed by atoms with Crippen molar-refractivity contribution in [2.45, 2.75) is 50.7 Å². The summed E-state index contributed by atoms with van der Waals surface area (Å²) in [7, 11) is 1.91. The van der Waals surface area contributed by atoms with E-state index in [0.29, 0.717) is 18.5 Å². The minimum absolute atomic E-state index is 0.0482. The molecule has 1 aliphatic carbocycles. The fourth-order valence-electron chi connectivity index (χ4n) is 3.92. The lowest BCUT2D eigenvalue weighted by Gasteiger charge is -2.39. The van der Waals surface area contributed by atoms with Gasteiger partial charge in [0.15, 0.2) is 5.60 Å². The van der Waals surface area contributed by atoms with Gasteiger partial charge in [-0.2, -0.15) is 0 Å². The van der Waals surface area contributed by atoms with Gasteiger partial charge in [-0.25, -0.2) is 22.7 Å². The Morgan fingerprint density at radius 3 is 2.71 bits per heavy atom. The quantitative estimate of drug-likeness (QED) is 0.607. The lowest BCUT2D eigenvalue weighted by molar-refractivity contribution is -0.677. The van der Waals surface area contributed by atoms with Crippen molar-refractivity contribution in [2.24, 2.45) is 13.0 Å². The Morgan fingerprint density at radius 2 is 2.11 bits per heavy atom. The molecular weight excluding hydrogens is 366 g/mol. The Bertz CT molecular complexity index is 822. The third-order valence-electron chi connectivity index (χ3n) is 5.72. The zero-order valence-corrected chi connectivity index (χ0v) is 16.3. The Kier molecular flexibility index (Phi) is 5.84. The number of ether oxygens (including phenoxy) is 1. The van der Waals surface area contributed by atoms with Gasteiger partial charge in [0.1, 0.15) is 25.5 Å². The van der Waals surface area contributed by atoms with Gasteiger partial charge in [0.25, 0.3) is 5.82 Å². The smallest absolute Gasteiger partial charge is 0.343 e. The van der Waals surface area contributed by atoms with Crippen molar-refractivity contribution in [3.8, 4) is 0 Å². The average Bonchev–Trinajstić information content (AvgIpc) is 2.99. The highest BCUT2D eigenvalue weighted by atomic mass is 19.3. The Morgan fingerprint density at radius 1 is 1.39 bits per heavy atom. The van der Waals surface area contributed by atoms with E-state index < -0.39 is 29.8 Å². The molecule has 0 unspecified atom stereocenters. The molecule has 7 heteroatoms. The van der Waals surface area contributed by atoms with Gasteiger partial charge >= 0.3 is 5.97 Å². The molecule has 3 rings (SSSR count). The molecule has 28 heavy (non-hydrogen) atoms. The van der Waals surface area contributed by atoms with Crippen molar-refractivity contribution in [3.63, 3.8) is 0 Å². The normalized spacial score (nSPS) is 21.1. The van der Waals surface area contributed by atoms with Crippen LogP contribution in [0.25, 0.3) is 0 Å². The summed E-state index contributed by atoms with van der Waals surface area (Å²) in [4.78, 5) is 12.9. The SMILES string of the molecule is Cc1n(CCOC(=O)[C@](O)(c2ccccc2)[C@H]2CCCC(F)(F)C2)cc[n+]1C. The maximum atomic E-state index is 14.0. The highest BCUT2D eigenvalue weighted by Crippen LogP contribution is 2.45. The summed E-state index contributed by atoms with van der Waals surface area (Å²) in [6.45, 7) is 2.41. The number of hydrogen-bond acceptors (Lipinski definition) is 3. The number of hydrogen-bond donors (Lipinski definition) is 1. The summed E-state index contributed by atoms with van der Waals surface area (Å²) in [5, 5.41) is 11.3. The van der Waals surface area contributed by atoms with Crippen LogP contribution in [0.3, 0.4) is 0 Å². The van der Waals surface area contributed by atoms with Crippen molar-refractivity contribution < 1.29 is 28.0 Å². The number of imidazole rings is 1. The average molecular weight is 393 g/mol. The molecule has 0 amide bonds. The molecular formula is C21H27F2N2O3+. The lowest BCUT2D eigenvalue weighted by Crippen LogP contribution is -2.48. The summed E-state index contributed by atoms with van der Waals surface area (Å²) in [6, 6.07) is 8.28. The van der Waals surface area contributed by atoms with Crippen LogP contribution in [-0.4, -0.2) is 28.2 Å². The summed E-state index contributed by atoms with van der Waals surface area (Å²) in [6.07, 6.45) is 3.63. The zero-order chi connectivity index (χ0) is 20.4. The van der Waals surface area contributed by atoms with Crippen molar-refractivity contribution >= 4 is 5.97 Å². The molecule has 0 radical (unpaired) electrons. The molecule has 1 saturated carbocycles. The number of nitrogens with zero attached hydrogens (tertiary/aromatic N) is 2. The van der Waals surface area contributed by atoms with Crippen LogP contribution in [0.15, 0.2) is 42.7 Å². The van der Waals surface area contributed by atoms with Gasteiger partial charge in [-0.05, 0) is 18.4 Å². The first-order valence-electron chi connectivity index (χ1n) is 9.58. The van der Waals surface area contributed by atoms with Crippen LogP contribution in [0, 0.1) is 12.8 Å². The second-order valence-electron chi connectivity index (χ2n) is 7.57. The van der Waals surface area contributed by atoms with E-state index in [9.17, 15) is 18.7 Å². The van der Waals surface area contributed by atoms with Gasteiger partial charge in [-0.1, -0.05) is 30.3 Å². The Balaban J connectivity index is 1.78. The van der Waals surface area contributed by atoms with Gasteiger partial charge in [-0.3, -0.25) is 0 Å². The largest absolute Gasteiger partial charge is 0.459 e. The predicted octanol–water partition coefficient (Wildman–Crippen LogP) is 2.88. The zero-order valence-electron chi connectivity index (χ0n) is 16.3. The fourth-order valence-corrected chi connectivity index (χ4v) is 3.92. The first kappa shape index (κ1) is 20.5. The molecule has 0 spiro atoms. The van der Waals surface area contributed by atoms with Gasteiger partial charge in [0, 0.05) is 25.7 Å². The van der Waals surface area contributed by atoms with Crippen molar-refractivity contribution in [2.75, 3.05) is 6.61 Å². The van der Waals surface area contributed by atoms with Crippen LogP contribution in [-0.2, 0) is 28.7 Å². The predicted molar refractivity (Wildman–Crippen MR) is 98.5 cm³/mol. The topological polar surface area (TPSA) is 55.3 Å². The van der Waals surface area contributed by atoms with Gasteiger partial charge < -0.3 is 9.84 Å². The molecule has 1 fully saturated rings. The second-order valence-corrected chi connectivity index (χ2v) is 7.57. The number of benzene rings is 1. The van der Waals surface area contributed by atoms with Crippen LogP contribution < -0.4 is 4.57 Å². The summed E-state index contributed by atoms with van der Waals surface area (Å²) in [5.74, 6) is -3.66. The number of carbonyl (C=O) groups is 1. The van der Waals surface area contributed by atoms with Crippen molar-refractivity contribution in [3.05, 3.63) is 54.1 Å². The van der Waals surface area contributed by atoms with E-state index in [0.717, 1.165) is 5.82 Å². The number of esters is 1. The third kappa shape index (κ3) is 4.09. The van der Waals surface area contributed by atoms with E-state index in [4.69, 9.17) is 4.74 Å². The number of alkyl halides is 2. The maximum absolute atomic E-state index is 14.0. The van der Waals surface area contributed by atoms with Crippen molar-refractivity contribution in [1.82, 2.24) is 4.57 Å². The number of carbonyl (C=O) groups excluding carboxylic acids is 1. The summed E-state index contributed by atoms with van der Waals surface area (Å²) >= 11 is 0. The van der Waals surface area contributed by atoms with Gasteiger partial charge in [0.05, 0.1) is 7.05 Å². The van der Waals surface area contributed by atoms with E-state index >= 15 is 0 Å². The minimum atomic E-state index is -2.89. The summed E-state index contributed by atoms with van der Waals surface area (Å²) in [5.41, 5.74) is -1.78. The molecule has 0 bridgehead atoms. The standard InChI is InChI=1S/C21H27F2N2O3/c1-16-24(2)11-12-25(16)13-14-28-19(26)21(27,17-7-4-3-5-8-17)18-9-6-10-20(22,23)15-18/h3-5,7-8,11-12,18,27H,6,9-10,13-15H2,1-2H3/q+1/t18-,21-/m0/s1. The van der Waals surface area contributed by atoms with E-state index in [-0.39, 0.29) is 19.4 Å². The highest BCUT2D eigenvalue weighted by molar-refractivity contribution is 5.81. The van der Waals surface area contributed by atoms with Crippen LogP contribution in [0.4, 0.5) is 8.78 Å². The number of halogens is 2. The highest BCUT2D eigenvalue weighted by Gasteiger charge is 2.52. The van der Waals surface area contributed by atoms with Gasteiger partial charge in [-0.15, -0.1) is 0 Å². The first-order valence-corrected chi connectivity index (χ1v) is 9.58. The maximum Gasteiger partial charge on any atom is 0.343 e. The fraction of sp³-hybridized carbons (Fsp3) is 0.524. The van der Waals surface area contributed by atoms with Crippen molar-refractivity contribution in [1.29, 1.82) is 0 Å². The monoisotopic (exact) mass is 393 g/mol. The van der Waals surface area contributed by atoms with Crippen LogP contribution >= 0.6 is 0 Å². The van der Waals surface area contributed by atoms with E-state index in [1.165, 1.54) is 0 Å². The molecule has 0 aliphatic heterocycles. The lowest BCUT2D eigenvalue weighted by atomic mass is 9.72. The molecule has 2 atom stereocenters. The number of aryl methyl sites for hydroxylation is 1. The molecule has 1 heterocycles. The molecule has 1 aliphatic rings. The Labute approximate surface area is 163 Å². The molecule has 0 saturated heterocycles. The summed E-state index contributed by atoms with van der Waals surface area (Å²) < 4.78 is 37.3. The number of aromatic nitrogens is 2. The number of rotatable bonds is 6. The second kappa shape index (κ2) is 7.99. The molecule has 1 aromatic carbocycles. The Hall–Kier alpha value is -2.28. The third-order valence-corrected chi connectivity index (χ3v) is 5.72. The molecule has 1 N–H and O–H groups in total. The first-order chi connectivity index (χ1) is 13.2. The van der Waals surface area contributed by atoms with E-state index in [2.05, 4.69) is 0 Å². The van der Waals surface area contributed by atoms with Crippen LogP contribution in [0.2, 0.25) is 0 Å². The van der Waals surface area contributed by atoms with Gasteiger partial charge in [0.2, 0.25) is 5.92 Å².